The molecule has 3 N–H and O–H groups in total. The van der Waals surface area contributed by atoms with Gasteiger partial charge in [0.25, 0.3) is 10.0 Å². The third kappa shape index (κ3) is 3.30. The van der Waals surface area contributed by atoms with Crippen molar-refractivity contribution in [2.75, 3.05) is 26.3 Å². The van der Waals surface area contributed by atoms with E-state index < -0.39 is 15.8 Å². The number of sulfonamides is 1. The SMILES string of the molecule is NC(=S)c1c(F)cccc1S(=O)(=O)NN1CCOCC1. The van der Waals surface area contributed by atoms with Crippen molar-refractivity contribution in [1.82, 2.24) is 9.84 Å². The van der Waals surface area contributed by atoms with Crippen LogP contribution in [0.4, 0.5) is 4.39 Å². The molecule has 110 valence electrons. The normalized spacial score (nSPS) is 17.1. The van der Waals surface area contributed by atoms with Crippen LogP contribution in [-0.2, 0) is 14.8 Å². The molecule has 1 heterocycles. The van der Waals surface area contributed by atoms with Crippen LogP contribution < -0.4 is 10.6 Å². The summed E-state index contributed by atoms with van der Waals surface area (Å²) in [6, 6.07) is 3.67. The lowest BCUT2D eigenvalue weighted by Crippen LogP contribution is -2.48. The molecule has 1 aliphatic heterocycles. The maximum Gasteiger partial charge on any atom is 0.254 e. The number of rotatable bonds is 4. The van der Waals surface area contributed by atoms with Crippen molar-refractivity contribution in [2.45, 2.75) is 4.90 Å². The van der Waals surface area contributed by atoms with Gasteiger partial charge in [-0.1, -0.05) is 18.3 Å². The van der Waals surface area contributed by atoms with Gasteiger partial charge < -0.3 is 10.5 Å². The molecular formula is C11H14FN3O3S2. The van der Waals surface area contributed by atoms with Crippen molar-refractivity contribution in [3.05, 3.63) is 29.6 Å². The second-order valence-corrected chi connectivity index (χ2v) is 6.24. The standard InChI is InChI=1S/C11H14FN3O3S2/c12-8-2-1-3-9(10(8)11(13)19)20(16,17)14-15-4-6-18-7-5-15/h1-3,14H,4-7H2,(H2,13,19). The van der Waals surface area contributed by atoms with E-state index in [1.54, 1.807) is 0 Å². The van der Waals surface area contributed by atoms with Crippen LogP contribution in [-0.4, -0.2) is 44.7 Å². The third-order valence-corrected chi connectivity index (χ3v) is 4.39. The van der Waals surface area contributed by atoms with Gasteiger partial charge in [0, 0.05) is 13.1 Å². The number of nitrogens with two attached hydrogens (primary N) is 1. The molecule has 0 unspecified atom stereocenters. The van der Waals surface area contributed by atoms with Gasteiger partial charge >= 0.3 is 0 Å². The molecule has 1 aliphatic rings. The maximum absolute atomic E-state index is 13.7. The van der Waals surface area contributed by atoms with E-state index >= 15 is 0 Å². The molecule has 1 saturated heterocycles. The van der Waals surface area contributed by atoms with Crippen LogP contribution in [0.2, 0.25) is 0 Å². The van der Waals surface area contributed by atoms with Gasteiger partial charge in [-0.05, 0) is 12.1 Å². The summed E-state index contributed by atoms with van der Waals surface area (Å²) in [7, 11) is -3.95. The van der Waals surface area contributed by atoms with Crippen LogP contribution in [0.3, 0.4) is 0 Å². The molecule has 0 radical (unpaired) electrons. The van der Waals surface area contributed by atoms with Crippen molar-refractivity contribution in [3.8, 4) is 0 Å². The van der Waals surface area contributed by atoms with Gasteiger partial charge in [-0.2, -0.15) is 0 Å². The molecule has 0 atom stereocenters. The number of nitrogens with zero attached hydrogens (tertiary/aromatic N) is 1. The molecule has 1 aromatic rings. The lowest BCUT2D eigenvalue weighted by atomic mass is 10.2. The van der Waals surface area contributed by atoms with Gasteiger partial charge in [-0.25, -0.2) is 17.8 Å². The largest absolute Gasteiger partial charge is 0.389 e. The number of nitrogens with one attached hydrogen (secondary N) is 1. The Labute approximate surface area is 121 Å². The van der Waals surface area contributed by atoms with Crippen molar-refractivity contribution >= 4 is 27.2 Å². The van der Waals surface area contributed by atoms with E-state index in [-0.39, 0.29) is 15.4 Å². The minimum Gasteiger partial charge on any atom is -0.389 e. The molecule has 0 aromatic heterocycles. The number of thiocarbonyl (C=S) groups is 1. The summed E-state index contributed by atoms with van der Waals surface area (Å²) in [5.74, 6) is -0.762. The number of hydrazine groups is 1. The van der Waals surface area contributed by atoms with Gasteiger partial charge in [0.1, 0.15) is 10.8 Å². The first kappa shape index (κ1) is 15.3. The molecule has 0 amide bonds. The van der Waals surface area contributed by atoms with Crippen molar-refractivity contribution in [3.63, 3.8) is 0 Å². The zero-order chi connectivity index (χ0) is 14.8. The summed E-state index contributed by atoms with van der Waals surface area (Å²) in [4.78, 5) is 1.81. The average molecular weight is 319 g/mol. The van der Waals surface area contributed by atoms with Crippen molar-refractivity contribution in [1.29, 1.82) is 0 Å². The maximum atomic E-state index is 13.7. The van der Waals surface area contributed by atoms with Crippen LogP contribution in [0, 0.1) is 5.82 Å². The number of hydrogen-bond donors (Lipinski definition) is 2. The van der Waals surface area contributed by atoms with Crippen molar-refractivity contribution in [2.24, 2.45) is 5.73 Å². The first-order valence-corrected chi connectivity index (χ1v) is 7.74. The van der Waals surface area contributed by atoms with Gasteiger partial charge in [0.15, 0.2) is 0 Å². The van der Waals surface area contributed by atoms with Crippen LogP contribution in [0.15, 0.2) is 23.1 Å². The first-order valence-electron chi connectivity index (χ1n) is 5.85. The molecule has 0 aliphatic carbocycles. The van der Waals surface area contributed by atoms with E-state index in [4.69, 9.17) is 22.7 Å². The Kier molecular flexibility index (Phi) is 4.66. The minimum atomic E-state index is -3.95. The highest BCUT2D eigenvalue weighted by Gasteiger charge is 2.25. The summed E-state index contributed by atoms with van der Waals surface area (Å²) in [5.41, 5.74) is 5.14. The monoisotopic (exact) mass is 319 g/mol. The molecule has 1 aromatic carbocycles. The highest BCUT2D eigenvalue weighted by atomic mass is 32.2. The van der Waals surface area contributed by atoms with Crippen molar-refractivity contribution < 1.29 is 17.5 Å². The average Bonchev–Trinajstić information content (AvgIpc) is 2.38. The third-order valence-electron chi connectivity index (χ3n) is 2.77. The second-order valence-electron chi connectivity index (χ2n) is 4.17. The molecule has 20 heavy (non-hydrogen) atoms. The van der Waals surface area contributed by atoms with Crippen LogP contribution in [0.25, 0.3) is 0 Å². The Balaban J connectivity index is 2.34. The zero-order valence-electron chi connectivity index (χ0n) is 10.5. The lowest BCUT2D eigenvalue weighted by molar-refractivity contribution is 0.0272. The summed E-state index contributed by atoms with van der Waals surface area (Å²) in [6.07, 6.45) is 0. The molecule has 0 saturated carbocycles. The highest BCUT2D eigenvalue weighted by Crippen LogP contribution is 2.19. The number of morpholine rings is 1. The Bertz CT molecular complexity index is 615. The minimum absolute atomic E-state index is 0.267. The van der Waals surface area contributed by atoms with Crippen LogP contribution in [0.1, 0.15) is 5.56 Å². The molecule has 2 rings (SSSR count). The topological polar surface area (TPSA) is 84.7 Å². The van der Waals surface area contributed by atoms with E-state index in [9.17, 15) is 12.8 Å². The van der Waals surface area contributed by atoms with E-state index in [1.807, 2.05) is 0 Å². The Morgan fingerprint density at radius 3 is 2.65 bits per heavy atom. The predicted molar refractivity (Wildman–Crippen MR) is 75.0 cm³/mol. The smallest absolute Gasteiger partial charge is 0.254 e. The summed E-state index contributed by atoms with van der Waals surface area (Å²) < 4.78 is 43.4. The van der Waals surface area contributed by atoms with Gasteiger partial charge in [0.05, 0.1) is 23.7 Å². The molecule has 9 heteroatoms. The van der Waals surface area contributed by atoms with Gasteiger partial charge in [-0.3, -0.25) is 0 Å². The fourth-order valence-corrected chi connectivity index (χ4v) is 3.47. The number of halogens is 1. The molecular weight excluding hydrogens is 305 g/mol. The van der Waals surface area contributed by atoms with Crippen LogP contribution >= 0.6 is 12.2 Å². The quantitative estimate of drug-likeness (QED) is 0.759. The first-order chi connectivity index (χ1) is 9.42. The van der Waals surface area contributed by atoms with Gasteiger partial charge in [0.2, 0.25) is 0 Å². The summed E-state index contributed by atoms with van der Waals surface area (Å²) in [6.45, 7) is 1.68. The predicted octanol–water partition coefficient (Wildman–Crippen LogP) is -0.0146. The summed E-state index contributed by atoms with van der Waals surface area (Å²) in [5, 5.41) is 1.49. The molecule has 6 nitrogen and oxygen atoms in total. The molecule has 0 spiro atoms. The second kappa shape index (κ2) is 6.10. The Morgan fingerprint density at radius 1 is 1.40 bits per heavy atom. The number of benzene rings is 1. The number of ether oxygens (including phenoxy) is 1. The fourth-order valence-electron chi connectivity index (χ4n) is 1.84. The van der Waals surface area contributed by atoms with E-state index in [0.717, 1.165) is 6.07 Å². The number of hydrogen-bond acceptors (Lipinski definition) is 5. The highest BCUT2D eigenvalue weighted by molar-refractivity contribution is 7.89. The van der Waals surface area contributed by atoms with E-state index in [0.29, 0.717) is 26.3 Å². The fraction of sp³-hybridized carbons (Fsp3) is 0.364. The molecule has 0 bridgehead atoms. The van der Waals surface area contributed by atoms with E-state index in [1.165, 1.54) is 17.1 Å². The summed E-state index contributed by atoms with van der Waals surface area (Å²) >= 11 is 4.72. The van der Waals surface area contributed by atoms with Gasteiger partial charge in [-0.15, -0.1) is 4.83 Å². The zero-order valence-corrected chi connectivity index (χ0v) is 12.1. The lowest BCUT2D eigenvalue weighted by Gasteiger charge is -2.27. The van der Waals surface area contributed by atoms with Crippen LogP contribution in [0.5, 0.6) is 0 Å². The Hall–Kier alpha value is -1.13. The Morgan fingerprint density at radius 2 is 2.05 bits per heavy atom. The van der Waals surface area contributed by atoms with E-state index in [2.05, 4.69) is 4.83 Å². The molecule has 1 fully saturated rings.